The van der Waals surface area contributed by atoms with Crippen molar-refractivity contribution in [1.82, 2.24) is 15.5 Å². The van der Waals surface area contributed by atoms with E-state index in [0.717, 1.165) is 12.1 Å². The van der Waals surface area contributed by atoms with Gasteiger partial charge in [0.2, 0.25) is 11.7 Å². The van der Waals surface area contributed by atoms with Crippen molar-refractivity contribution in [3.8, 4) is 11.4 Å². The fourth-order valence-electron chi connectivity index (χ4n) is 1.75. The van der Waals surface area contributed by atoms with Crippen molar-refractivity contribution in [2.75, 3.05) is 6.54 Å². The molecule has 0 spiro atoms. The molecule has 0 fully saturated rings. The van der Waals surface area contributed by atoms with E-state index in [1.807, 2.05) is 20.8 Å². The monoisotopic (exact) mass is 249 g/mol. The Balaban J connectivity index is 2.32. The van der Waals surface area contributed by atoms with E-state index < -0.39 is 0 Å². The van der Waals surface area contributed by atoms with Crippen molar-refractivity contribution >= 4 is 0 Å². The number of aromatic nitrogens is 2. The van der Waals surface area contributed by atoms with Crippen LogP contribution in [-0.4, -0.2) is 16.7 Å². The summed E-state index contributed by atoms with van der Waals surface area (Å²) in [6, 6.07) is 4.53. The Hall–Kier alpha value is -1.75. The van der Waals surface area contributed by atoms with Crippen LogP contribution < -0.4 is 5.32 Å². The van der Waals surface area contributed by atoms with Crippen LogP contribution in [0.25, 0.3) is 11.4 Å². The third-order valence-corrected chi connectivity index (χ3v) is 2.76. The number of halogens is 1. The summed E-state index contributed by atoms with van der Waals surface area (Å²) in [5, 5.41) is 7.08. The summed E-state index contributed by atoms with van der Waals surface area (Å²) in [5.74, 6) is 0.629. The number of rotatable bonds is 4. The van der Waals surface area contributed by atoms with Crippen molar-refractivity contribution in [1.29, 1.82) is 0 Å². The first kappa shape index (κ1) is 12.7. The summed E-state index contributed by atoms with van der Waals surface area (Å²) in [4.78, 5) is 4.29. The standard InChI is InChI=1S/C13H16FN3O/c1-4-15-9(3)13-16-12(17-18-13)11-7-10(14)6-5-8(11)2/h5-7,9,15H,4H2,1-3H3. The summed E-state index contributed by atoms with van der Waals surface area (Å²) >= 11 is 0. The fraction of sp³-hybridized carbons (Fsp3) is 0.385. The summed E-state index contributed by atoms with van der Waals surface area (Å²) < 4.78 is 18.4. The van der Waals surface area contributed by atoms with Crippen molar-refractivity contribution in [3.05, 3.63) is 35.5 Å². The summed E-state index contributed by atoms with van der Waals surface area (Å²) in [6.45, 7) is 6.65. The van der Waals surface area contributed by atoms with Crippen LogP contribution in [0.5, 0.6) is 0 Å². The predicted molar refractivity (Wildman–Crippen MR) is 66.5 cm³/mol. The van der Waals surface area contributed by atoms with Crippen LogP contribution in [0.2, 0.25) is 0 Å². The molecular weight excluding hydrogens is 233 g/mol. The molecule has 0 bridgehead atoms. The third-order valence-electron chi connectivity index (χ3n) is 2.76. The maximum atomic E-state index is 13.2. The molecule has 5 heteroatoms. The number of benzene rings is 1. The molecule has 1 aromatic carbocycles. The summed E-state index contributed by atoms with van der Waals surface area (Å²) in [6.07, 6.45) is 0. The van der Waals surface area contributed by atoms with Gasteiger partial charge in [-0.05, 0) is 38.1 Å². The molecular formula is C13H16FN3O. The highest BCUT2D eigenvalue weighted by Crippen LogP contribution is 2.22. The van der Waals surface area contributed by atoms with Crippen LogP contribution >= 0.6 is 0 Å². The molecule has 0 aliphatic carbocycles. The van der Waals surface area contributed by atoms with E-state index in [9.17, 15) is 4.39 Å². The molecule has 1 aromatic heterocycles. The molecule has 0 aliphatic heterocycles. The zero-order valence-corrected chi connectivity index (χ0v) is 10.7. The quantitative estimate of drug-likeness (QED) is 0.905. The third kappa shape index (κ3) is 2.56. The van der Waals surface area contributed by atoms with Gasteiger partial charge in [-0.2, -0.15) is 4.98 Å². The van der Waals surface area contributed by atoms with Gasteiger partial charge in [-0.1, -0.05) is 18.1 Å². The van der Waals surface area contributed by atoms with Crippen LogP contribution in [-0.2, 0) is 0 Å². The Bertz CT molecular complexity index is 539. The van der Waals surface area contributed by atoms with Gasteiger partial charge in [-0.3, -0.25) is 0 Å². The van der Waals surface area contributed by atoms with Crippen molar-refractivity contribution < 1.29 is 8.91 Å². The predicted octanol–water partition coefficient (Wildman–Crippen LogP) is 2.85. The highest BCUT2D eigenvalue weighted by molar-refractivity contribution is 5.59. The first-order valence-electron chi connectivity index (χ1n) is 5.95. The van der Waals surface area contributed by atoms with Gasteiger partial charge in [0.25, 0.3) is 0 Å². The molecule has 96 valence electrons. The molecule has 1 unspecified atom stereocenters. The maximum absolute atomic E-state index is 13.2. The van der Waals surface area contributed by atoms with Crippen LogP contribution in [0.4, 0.5) is 4.39 Å². The van der Waals surface area contributed by atoms with E-state index in [-0.39, 0.29) is 11.9 Å². The van der Waals surface area contributed by atoms with E-state index >= 15 is 0 Å². The van der Waals surface area contributed by atoms with E-state index in [1.54, 1.807) is 6.07 Å². The molecule has 0 amide bonds. The minimum Gasteiger partial charge on any atom is -0.337 e. The minimum absolute atomic E-state index is 0.00915. The number of aryl methyl sites for hydroxylation is 1. The molecule has 18 heavy (non-hydrogen) atoms. The number of hydrogen-bond donors (Lipinski definition) is 1. The Labute approximate surface area is 105 Å². The lowest BCUT2D eigenvalue weighted by atomic mass is 10.1. The second kappa shape index (κ2) is 5.27. The minimum atomic E-state index is -0.304. The van der Waals surface area contributed by atoms with E-state index in [4.69, 9.17) is 4.52 Å². The molecule has 1 heterocycles. The van der Waals surface area contributed by atoms with Gasteiger partial charge in [0.05, 0.1) is 6.04 Å². The average Bonchev–Trinajstić information content (AvgIpc) is 2.82. The van der Waals surface area contributed by atoms with Crippen LogP contribution in [0.3, 0.4) is 0 Å². The van der Waals surface area contributed by atoms with Gasteiger partial charge in [0.1, 0.15) is 5.82 Å². The van der Waals surface area contributed by atoms with Crippen LogP contribution in [0, 0.1) is 12.7 Å². The SMILES string of the molecule is CCNC(C)c1nc(-c2cc(F)ccc2C)no1. The van der Waals surface area contributed by atoms with Gasteiger partial charge < -0.3 is 9.84 Å². The van der Waals surface area contributed by atoms with E-state index in [0.29, 0.717) is 17.3 Å². The Kier molecular flexibility index (Phi) is 3.72. The Morgan fingerprint density at radius 1 is 1.44 bits per heavy atom. The molecule has 0 aliphatic rings. The van der Waals surface area contributed by atoms with Gasteiger partial charge in [0.15, 0.2) is 0 Å². The van der Waals surface area contributed by atoms with Crippen LogP contribution in [0.15, 0.2) is 22.7 Å². The van der Waals surface area contributed by atoms with Gasteiger partial charge in [-0.15, -0.1) is 0 Å². The zero-order chi connectivity index (χ0) is 13.1. The van der Waals surface area contributed by atoms with E-state index in [1.165, 1.54) is 12.1 Å². The lowest BCUT2D eigenvalue weighted by Crippen LogP contribution is -2.17. The normalized spacial score (nSPS) is 12.7. The first-order chi connectivity index (χ1) is 8.61. The lowest BCUT2D eigenvalue weighted by Gasteiger charge is -2.05. The first-order valence-corrected chi connectivity index (χ1v) is 5.95. The van der Waals surface area contributed by atoms with Crippen molar-refractivity contribution in [3.63, 3.8) is 0 Å². The Morgan fingerprint density at radius 2 is 2.22 bits per heavy atom. The average molecular weight is 249 g/mol. The smallest absolute Gasteiger partial charge is 0.243 e. The number of nitrogens with zero attached hydrogens (tertiary/aromatic N) is 2. The second-order valence-electron chi connectivity index (χ2n) is 4.19. The largest absolute Gasteiger partial charge is 0.337 e. The molecule has 2 aromatic rings. The molecule has 0 radical (unpaired) electrons. The molecule has 1 atom stereocenters. The molecule has 4 nitrogen and oxygen atoms in total. The Morgan fingerprint density at radius 3 is 2.94 bits per heavy atom. The zero-order valence-electron chi connectivity index (χ0n) is 10.7. The fourth-order valence-corrected chi connectivity index (χ4v) is 1.75. The molecule has 0 saturated heterocycles. The van der Waals surface area contributed by atoms with Gasteiger partial charge >= 0.3 is 0 Å². The topological polar surface area (TPSA) is 51.0 Å². The van der Waals surface area contributed by atoms with Gasteiger partial charge in [-0.25, -0.2) is 4.39 Å². The van der Waals surface area contributed by atoms with Crippen molar-refractivity contribution in [2.45, 2.75) is 26.8 Å². The molecule has 0 saturated carbocycles. The van der Waals surface area contributed by atoms with Gasteiger partial charge in [0, 0.05) is 5.56 Å². The summed E-state index contributed by atoms with van der Waals surface area (Å²) in [5.41, 5.74) is 1.58. The van der Waals surface area contributed by atoms with Crippen LogP contribution in [0.1, 0.15) is 31.3 Å². The van der Waals surface area contributed by atoms with E-state index in [2.05, 4.69) is 15.5 Å². The summed E-state index contributed by atoms with van der Waals surface area (Å²) in [7, 11) is 0. The second-order valence-corrected chi connectivity index (χ2v) is 4.19. The van der Waals surface area contributed by atoms with Crippen molar-refractivity contribution in [2.24, 2.45) is 0 Å². The highest BCUT2D eigenvalue weighted by Gasteiger charge is 2.15. The molecule has 2 rings (SSSR count). The molecule has 1 N–H and O–H groups in total. The number of hydrogen-bond acceptors (Lipinski definition) is 4. The lowest BCUT2D eigenvalue weighted by molar-refractivity contribution is 0.342. The highest BCUT2D eigenvalue weighted by atomic mass is 19.1. The number of nitrogens with one attached hydrogen (secondary N) is 1. The maximum Gasteiger partial charge on any atom is 0.243 e.